The number of nitrogens with one attached hydrogen (secondary N) is 1. The number of hydrogen-bond donors (Lipinski definition) is 1. The first-order valence-electron chi connectivity index (χ1n) is 12.3. The van der Waals surface area contributed by atoms with Gasteiger partial charge in [-0.15, -0.1) is 0 Å². The van der Waals surface area contributed by atoms with Crippen LogP contribution in [0.2, 0.25) is 0 Å². The van der Waals surface area contributed by atoms with Crippen molar-refractivity contribution in [3.63, 3.8) is 0 Å². The maximum Gasteiger partial charge on any atom is 0.161 e. The van der Waals surface area contributed by atoms with Gasteiger partial charge in [-0.05, 0) is 71.7 Å². The van der Waals surface area contributed by atoms with Gasteiger partial charge in [-0.2, -0.15) is 0 Å². The van der Waals surface area contributed by atoms with Crippen molar-refractivity contribution in [2.45, 2.75) is 59.9 Å². The highest BCUT2D eigenvalue weighted by molar-refractivity contribution is 5.61. The Kier molecular flexibility index (Phi) is 8.90. The normalized spacial score (nSPS) is 15.8. The van der Waals surface area contributed by atoms with Crippen LogP contribution >= 0.6 is 0 Å². The van der Waals surface area contributed by atoms with Gasteiger partial charge in [-0.3, -0.25) is 0 Å². The van der Waals surface area contributed by atoms with Crippen LogP contribution in [0.4, 0.5) is 0 Å². The van der Waals surface area contributed by atoms with Gasteiger partial charge in [0.1, 0.15) is 0 Å². The summed E-state index contributed by atoms with van der Waals surface area (Å²) in [5.74, 6) is 3.16. The molecular formula is C29H41NO4. The van der Waals surface area contributed by atoms with Crippen molar-refractivity contribution in [2.24, 2.45) is 5.41 Å². The van der Waals surface area contributed by atoms with Crippen molar-refractivity contribution in [1.82, 2.24) is 5.32 Å². The molecule has 0 saturated heterocycles. The van der Waals surface area contributed by atoms with Crippen molar-refractivity contribution in [1.29, 1.82) is 0 Å². The zero-order valence-corrected chi connectivity index (χ0v) is 21.9. The highest BCUT2D eigenvalue weighted by Crippen LogP contribution is 2.37. The molecule has 1 aliphatic rings. The van der Waals surface area contributed by atoms with Gasteiger partial charge in [0.2, 0.25) is 0 Å². The summed E-state index contributed by atoms with van der Waals surface area (Å²) in [5.41, 5.74) is 4.87. The van der Waals surface area contributed by atoms with Gasteiger partial charge in [-0.1, -0.05) is 46.3 Å². The largest absolute Gasteiger partial charge is 0.493 e. The smallest absolute Gasteiger partial charge is 0.161 e. The molecule has 2 aromatic carbocycles. The molecule has 34 heavy (non-hydrogen) atoms. The number of unbranched alkanes of at least 4 members (excludes halogenated alkanes) is 1. The minimum atomic E-state index is 0.0692. The Bertz CT molecular complexity index is 991. The molecule has 0 aromatic heterocycles. The highest BCUT2D eigenvalue weighted by atomic mass is 16.5. The van der Waals surface area contributed by atoms with Crippen molar-refractivity contribution in [3.05, 3.63) is 52.6 Å². The Morgan fingerprint density at radius 1 is 0.971 bits per heavy atom. The van der Waals surface area contributed by atoms with Gasteiger partial charge in [0, 0.05) is 6.54 Å². The fourth-order valence-corrected chi connectivity index (χ4v) is 3.99. The lowest BCUT2D eigenvalue weighted by molar-refractivity contribution is 0.191. The molecule has 0 saturated carbocycles. The molecule has 1 N–H and O–H groups in total. The van der Waals surface area contributed by atoms with E-state index in [1.165, 1.54) is 11.1 Å². The SMILES string of the molecule is CCCCOc1cc2c(cc1OC)C(/C=C/c1cc(OCC(C)(C)C)c(OC)cc1C)NCC2. The van der Waals surface area contributed by atoms with Crippen LogP contribution in [0, 0.1) is 12.3 Å². The zero-order chi connectivity index (χ0) is 24.7. The Labute approximate surface area is 205 Å². The molecule has 0 fully saturated rings. The number of fused-ring (bicyclic) bond motifs is 1. The summed E-state index contributed by atoms with van der Waals surface area (Å²) in [7, 11) is 3.39. The monoisotopic (exact) mass is 467 g/mol. The number of methoxy groups -OCH3 is 2. The average molecular weight is 468 g/mol. The predicted molar refractivity (Wildman–Crippen MR) is 140 cm³/mol. The van der Waals surface area contributed by atoms with E-state index in [4.69, 9.17) is 18.9 Å². The molecule has 3 rings (SSSR count). The quantitative estimate of drug-likeness (QED) is 0.403. The molecule has 0 bridgehead atoms. The Morgan fingerprint density at radius 3 is 2.35 bits per heavy atom. The van der Waals surface area contributed by atoms with Gasteiger partial charge in [0.25, 0.3) is 0 Å². The van der Waals surface area contributed by atoms with Crippen LogP contribution in [-0.2, 0) is 6.42 Å². The van der Waals surface area contributed by atoms with Gasteiger partial charge >= 0.3 is 0 Å². The van der Waals surface area contributed by atoms with Crippen molar-refractivity contribution in [3.8, 4) is 23.0 Å². The maximum atomic E-state index is 6.11. The second-order valence-electron chi connectivity index (χ2n) is 10.2. The summed E-state index contributed by atoms with van der Waals surface area (Å²) in [4.78, 5) is 0. The van der Waals surface area contributed by atoms with E-state index >= 15 is 0 Å². The van der Waals surface area contributed by atoms with E-state index in [-0.39, 0.29) is 11.5 Å². The second-order valence-corrected chi connectivity index (χ2v) is 10.2. The molecule has 2 aromatic rings. The van der Waals surface area contributed by atoms with Crippen LogP contribution in [0.15, 0.2) is 30.3 Å². The first-order valence-corrected chi connectivity index (χ1v) is 12.3. The maximum absolute atomic E-state index is 6.11. The number of rotatable bonds is 10. The van der Waals surface area contributed by atoms with E-state index in [2.05, 4.69) is 70.3 Å². The molecule has 1 unspecified atom stereocenters. The average Bonchev–Trinajstić information content (AvgIpc) is 2.81. The van der Waals surface area contributed by atoms with Crippen LogP contribution in [-0.4, -0.2) is 34.0 Å². The third-order valence-electron chi connectivity index (χ3n) is 5.96. The number of ether oxygens (including phenoxy) is 4. The van der Waals surface area contributed by atoms with E-state index in [1.54, 1.807) is 14.2 Å². The first kappa shape index (κ1) is 26.0. The van der Waals surface area contributed by atoms with E-state index in [0.29, 0.717) is 13.2 Å². The van der Waals surface area contributed by atoms with Crippen LogP contribution in [0.25, 0.3) is 6.08 Å². The summed E-state index contributed by atoms with van der Waals surface area (Å²) < 4.78 is 23.4. The van der Waals surface area contributed by atoms with E-state index in [0.717, 1.165) is 59.9 Å². The lowest BCUT2D eigenvalue weighted by Gasteiger charge is -2.26. The van der Waals surface area contributed by atoms with E-state index in [9.17, 15) is 0 Å². The summed E-state index contributed by atoms with van der Waals surface area (Å²) >= 11 is 0. The van der Waals surface area contributed by atoms with Gasteiger partial charge in [0.05, 0.1) is 33.5 Å². The molecule has 5 heteroatoms. The van der Waals surface area contributed by atoms with E-state index < -0.39 is 0 Å². The molecule has 0 amide bonds. The van der Waals surface area contributed by atoms with Crippen molar-refractivity contribution < 1.29 is 18.9 Å². The minimum Gasteiger partial charge on any atom is -0.493 e. The summed E-state index contributed by atoms with van der Waals surface area (Å²) in [6.07, 6.45) is 7.51. The molecular weight excluding hydrogens is 426 g/mol. The molecule has 5 nitrogen and oxygen atoms in total. The fraction of sp³-hybridized carbons (Fsp3) is 0.517. The van der Waals surface area contributed by atoms with Crippen LogP contribution in [0.5, 0.6) is 23.0 Å². The molecule has 0 spiro atoms. The summed E-state index contributed by atoms with van der Waals surface area (Å²) in [6, 6.07) is 8.50. The number of benzene rings is 2. The fourth-order valence-electron chi connectivity index (χ4n) is 3.99. The molecule has 0 radical (unpaired) electrons. The lowest BCUT2D eigenvalue weighted by atomic mass is 9.92. The lowest BCUT2D eigenvalue weighted by Crippen LogP contribution is -2.28. The van der Waals surface area contributed by atoms with Gasteiger partial charge < -0.3 is 24.3 Å². The molecule has 1 aliphatic heterocycles. The molecule has 186 valence electrons. The first-order chi connectivity index (χ1) is 16.3. The summed E-state index contributed by atoms with van der Waals surface area (Å²) in [5, 5.41) is 3.63. The van der Waals surface area contributed by atoms with Crippen LogP contribution in [0.3, 0.4) is 0 Å². The van der Waals surface area contributed by atoms with Crippen LogP contribution < -0.4 is 24.3 Å². The molecule has 0 aliphatic carbocycles. The van der Waals surface area contributed by atoms with Gasteiger partial charge in [0.15, 0.2) is 23.0 Å². The Morgan fingerprint density at radius 2 is 1.68 bits per heavy atom. The standard InChI is InChI=1S/C29H41NO4/c1-8-9-14-33-27-17-22-12-13-30-24(23(22)18-26(27)32-7)11-10-21-16-28(34-19-29(3,4)5)25(31-6)15-20(21)2/h10-11,15-18,24,30H,8-9,12-14,19H2,1-7H3/b11-10+. The zero-order valence-electron chi connectivity index (χ0n) is 21.9. The molecule has 1 heterocycles. The summed E-state index contributed by atoms with van der Waals surface area (Å²) in [6.45, 7) is 13.0. The second kappa shape index (κ2) is 11.7. The van der Waals surface area contributed by atoms with E-state index in [1.807, 2.05) is 6.07 Å². The van der Waals surface area contributed by atoms with Crippen molar-refractivity contribution >= 4 is 6.08 Å². The third kappa shape index (κ3) is 6.69. The highest BCUT2D eigenvalue weighted by Gasteiger charge is 2.21. The van der Waals surface area contributed by atoms with Crippen LogP contribution in [0.1, 0.15) is 68.8 Å². The van der Waals surface area contributed by atoms with Gasteiger partial charge in [-0.25, -0.2) is 0 Å². The third-order valence-corrected chi connectivity index (χ3v) is 5.96. The minimum absolute atomic E-state index is 0.0692. The molecule has 1 atom stereocenters. The Balaban J connectivity index is 1.86. The van der Waals surface area contributed by atoms with Crippen molar-refractivity contribution in [2.75, 3.05) is 34.0 Å². The number of hydrogen-bond acceptors (Lipinski definition) is 5. The topological polar surface area (TPSA) is 49.0 Å². The number of aryl methyl sites for hydroxylation is 1. The predicted octanol–water partition coefficient (Wildman–Crippen LogP) is 6.52. The Hall–Kier alpha value is -2.66.